The van der Waals surface area contributed by atoms with Crippen molar-refractivity contribution in [1.82, 2.24) is 9.97 Å². The standard InChI is InChI=1S/C13H21N3O3/c1-5-7-19-11-8-10(3)14-13(15-11)16(4)9-12(17)18-6-2/h8H,5-7,9H2,1-4H3. The fraction of sp³-hybridized carbons (Fsp3) is 0.615. The molecule has 0 amide bonds. The average molecular weight is 267 g/mol. The lowest BCUT2D eigenvalue weighted by atomic mass is 10.4. The first kappa shape index (κ1) is 15.2. The van der Waals surface area contributed by atoms with Gasteiger partial charge in [0, 0.05) is 18.8 Å². The molecule has 0 unspecified atom stereocenters. The highest BCUT2D eigenvalue weighted by Gasteiger charge is 2.12. The highest BCUT2D eigenvalue weighted by molar-refractivity contribution is 5.74. The van der Waals surface area contributed by atoms with Crippen molar-refractivity contribution >= 4 is 11.9 Å². The number of aryl methyl sites for hydroxylation is 1. The minimum atomic E-state index is -0.300. The molecule has 0 fully saturated rings. The van der Waals surface area contributed by atoms with Crippen LogP contribution in [0.1, 0.15) is 26.0 Å². The Morgan fingerprint density at radius 3 is 2.74 bits per heavy atom. The summed E-state index contributed by atoms with van der Waals surface area (Å²) in [5.74, 6) is 0.686. The molecule has 0 bridgehead atoms. The van der Waals surface area contributed by atoms with Crippen molar-refractivity contribution in [3.63, 3.8) is 0 Å². The maximum absolute atomic E-state index is 11.4. The molecule has 6 nitrogen and oxygen atoms in total. The van der Waals surface area contributed by atoms with Crippen molar-refractivity contribution in [3.05, 3.63) is 11.8 Å². The number of ether oxygens (including phenoxy) is 2. The molecular weight excluding hydrogens is 246 g/mol. The van der Waals surface area contributed by atoms with E-state index in [1.807, 2.05) is 13.8 Å². The van der Waals surface area contributed by atoms with Gasteiger partial charge in [0.15, 0.2) is 0 Å². The lowest BCUT2D eigenvalue weighted by Crippen LogP contribution is -2.28. The van der Waals surface area contributed by atoms with Gasteiger partial charge in [0.05, 0.1) is 13.2 Å². The number of rotatable bonds is 7. The molecule has 0 atom stereocenters. The van der Waals surface area contributed by atoms with Crippen LogP contribution in [0.4, 0.5) is 5.95 Å². The Balaban J connectivity index is 2.75. The maximum atomic E-state index is 11.4. The quantitative estimate of drug-likeness (QED) is 0.699. The van der Waals surface area contributed by atoms with Crippen LogP contribution in [0, 0.1) is 6.92 Å². The van der Waals surface area contributed by atoms with Crippen molar-refractivity contribution < 1.29 is 14.3 Å². The molecule has 0 saturated carbocycles. The van der Waals surface area contributed by atoms with Crippen molar-refractivity contribution in [2.24, 2.45) is 0 Å². The van der Waals surface area contributed by atoms with Gasteiger partial charge in [-0.05, 0) is 20.3 Å². The Bertz CT molecular complexity index is 424. The van der Waals surface area contributed by atoms with Crippen LogP contribution in [0.15, 0.2) is 6.07 Å². The van der Waals surface area contributed by atoms with Crippen LogP contribution < -0.4 is 9.64 Å². The number of anilines is 1. The van der Waals surface area contributed by atoms with Gasteiger partial charge in [-0.2, -0.15) is 4.98 Å². The zero-order valence-electron chi connectivity index (χ0n) is 12.0. The lowest BCUT2D eigenvalue weighted by Gasteiger charge is -2.17. The van der Waals surface area contributed by atoms with E-state index in [0.717, 1.165) is 12.1 Å². The van der Waals surface area contributed by atoms with E-state index in [4.69, 9.17) is 9.47 Å². The molecule has 0 aliphatic carbocycles. The monoisotopic (exact) mass is 267 g/mol. The summed E-state index contributed by atoms with van der Waals surface area (Å²) in [6.45, 7) is 6.76. The molecule has 0 radical (unpaired) electrons. The second-order valence-electron chi connectivity index (χ2n) is 4.16. The predicted octanol–water partition coefficient (Wildman–Crippen LogP) is 1.57. The van der Waals surface area contributed by atoms with E-state index in [1.165, 1.54) is 0 Å². The Kier molecular flexibility index (Phi) is 6.05. The molecule has 1 aromatic rings. The van der Waals surface area contributed by atoms with Crippen LogP contribution >= 0.6 is 0 Å². The Hall–Kier alpha value is -1.85. The van der Waals surface area contributed by atoms with Gasteiger partial charge in [-0.3, -0.25) is 4.79 Å². The summed E-state index contributed by atoms with van der Waals surface area (Å²) in [6, 6.07) is 1.78. The van der Waals surface area contributed by atoms with Crippen molar-refractivity contribution in [3.8, 4) is 5.88 Å². The van der Waals surface area contributed by atoms with E-state index < -0.39 is 0 Å². The Labute approximate surface area is 113 Å². The summed E-state index contributed by atoms with van der Waals surface area (Å²) in [4.78, 5) is 21.6. The topological polar surface area (TPSA) is 64.5 Å². The van der Waals surface area contributed by atoms with E-state index >= 15 is 0 Å². The van der Waals surface area contributed by atoms with Gasteiger partial charge >= 0.3 is 5.97 Å². The summed E-state index contributed by atoms with van der Waals surface area (Å²) in [7, 11) is 1.75. The fourth-order valence-corrected chi connectivity index (χ4v) is 1.45. The number of carbonyl (C=O) groups excluding carboxylic acids is 1. The number of aromatic nitrogens is 2. The molecule has 106 valence electrons. The molecule has 0 aromatic carbocycles. The lowest BCUT2D eigenvalue weighted by molar-refractivity contribution is -0.141. The molecule has 1 aromatic heterocycles. The second-order valence-corrected chi connectivity index (χ2v) is 4.16. The second kappa shape index (κ2) is 7.56. The summed E-state index contributed by atoms with van der Waals surface area (Å²) in [5, 5.41) is 0. The van der Waals surface area contributed by atoms with E-state index in [9.17, 15) is 4.79 Å². The molecule has 19 heavy (non-hydrogen) atoms. The third-order valence-corrected chi connectivity index (χ3v) is 2.29. The number of likely N-dealkylation sites (N-methyl/N-ethyl adjacent to an activating group) is 1. The van der Waals surface area contributed by atoms with Crippen molar-refractivity contribution in [1.29, 1.82) is 0 Å². The van der Waals surface area contributed by atoms with Gasteiger partial charge in [-0.15, -0.1) is 0 Å². The van der Waals surface area contributed by atoms with Crippen molar-refractivity contribution in [2.75, 3.05) is 31.7 Å². The normalized spacial score (nSPS) is 10.1. The van der Waals surface area contributed by atoms with Gasteiger partial charge in [0.2, 0.25) is 11.8 Å². The molecule has 1 rings (SSSR count). The molecule has 0 aliphatic rings. The first-order valence-electron chi connectivity index (χ1n) is 6.42. The number of carbonyl (C=O) groups is 1. The van der Waals surface area contributed by atoms with Crippen LogP contribution in [0.3, 0.4) is 0 Å². The smallest absolute Gasteiger partial charge is 0.325 e. The molecule has 0 spiro atoms. The van der Waals surface area contributed by atoms with Gasteiger partial charge in [-0.25, -0.2) is 4.98 Å². The number of nitrogens with zero attached hydrogens (tertiary/aromatic N) is 3. The Morgan fingerprint density at radius 1 is 1.37 bits per heavy atom. The SMILES string of the molecule is CCCOc1cc(C)nc(N(C)CC(=O)OCC)n1. The first-order chi connectivity index (χ1) is 9.06. The third kappa shape index (κ3) is 5.11. The summed E-state index contributed by atoms with van der Waals surface area (Å²) in [5.41, 5.74) is 0.798. The van der Waals surface area contributed by atoms with E-state index in [2.05, 4.69) is 9.97 Å². The third-order valence-electron chi connectivity index (χ3n) is 2.29. The zero-order chi connectivity index (χ0) is 14.3. The molecule has 0 saturated heterocycles. The molecule has 0 N–H and O–H groups in total. The minimum Gasteiger partial charge on any atom is -0.478 e. The molecule has 1 heterocycles. The predicted molar refractivity (Wildman–Crippen MR) is 72.5 cm³/mol. The van der Waals surface area contributed by atoms with Crippen LogP contribution in [-0.2, 0) is 9.53 Å². The minimum absolute atomic E-state index is 0.116. The van der Waals surface area contributed by atoms with E-state index in [1.54, 1.807) is 24.9 Å². The average Bonchev–Trinajstić information content (AvgIpc) is 2.36. The van der Waals surface area contributed by atoms with Gasteiger partial charge in [0.25, 0.3) is 0 Å². The highest BCUT2D eigenvalue weighted by atomic mass is 16.5. The highest BCUT2D eigenvalue weighted by Crippen LogP contribution is 2.14. The number of hydrogen-bond donors (Lipinski definition) is 0. The fourth-order valence-electron chi connectivity index (χ4n) is 1.45. The van der Waals surface area contributed by atoms with Crippen LogP contribution in [0.5, 0.6) is 5.88 Å². The summed E-state index contributed by atoms with van der Waals surface area (Å²) < 4.78 is 10.4. The number of esters is 1. The van der Waals surface area contributed by atoms with E-state index in [-0.39, 0.29) is 12.5 Å². The molecule has 0 aliphatic heterocycles. The van der Waals surface area contributed by atoms with Gasteiger partial charge < -0.3 is 14.4 Å². The van der Waals surface area contributed by atoms with Crippen LogP contribution in [-0.4, -0.2) is 42.7 Å². The first-order valence-corrected chi connectivity index (χ1v) is 6.42. The maximum Gasteiger partial charge on any atom is 0.325 e. The van der Waals surface area contributed by atoms with Gasteiger partial charge in [0.1, 0.15) is 6.54 Å². The summed E-state index contributed by atoms with van der Waals surface area (Å²) in [6.07, 6.45) is 0.914. The summed E-state index contributed by atoms with van der Waals surface area (Å²) >= 11 is 0. The van der Waals surface area contributed by atoms with E-state index in [0.29, 0.717) is 25.0 Å². The molecular formula is C13H21N3O3. The van der Waals surface area contributed by atoms with Crippen molar-refractivity contribution in [2.45, 2.75) is 27.2 Å². The van der Waals surface area contributed by atoms with Crippen LogP contribution in [0.25, 0.3) is 0 Å². The largest absolute Gasteiger partial charge is 0.478 e. The van der Waals surface area contributed by atoms with Crippen LogP contribution in [0.2, 0.25) is 0 Å². The zero-order valence-corrected chi connectivity index (χ0v) is 12.0. The van der Waals surface area contributed by atoms with Gasteiger partial charge in [-0.1, -0.05) is 6.92 Å². The molecule has 6 heteroatoms. The Morgan fingerprint density at radius 2 is 2.11 bits per heavy atom. The number of hydrogen-bond acceptors (Lipinski definition) is 6.